The van der Waals surface area contributed by atoms with Crippen LogP contribution < -0.4 is 10.6 Å². The largest absolute Gasteiger partial charge is 0.480 e. The Labute approximate surface area is 142 Å². The number of nitrogens with one attached hydrogen (secondary N) is 2. The number of hydrogen-bond acceptors (Lipinski definition) is 4. The number of methoxy groups -OCH3 is 1. The Morgan fingerprint density at radius 1 is 1.38 bits per heavy atom. The summed E-state index contributed by atoms with van der Waals surface area (Å²) in [5.74, 6) is -1.76. The molecular formula is C18H26N2O4. The summed E-state index contributed by atoms with van der Waals surface area (Å²) in [6, 6.07) is 8.47. The molecule has 1 aromatic rings. The van der Waals surface area contributed by atoms with Crippen molar-refractivity contribution in [3.8, 4) is 0 Å². The maximum Gasteiger partial charge on any atom is 0.326 e. The third-order valence-corrected chi connectivity index (χ3v) is 4.57. The third-order valence-electron chi connectivity index (χ3n) is 4.57. The van der Waals surface area contributed by atoms with Gasteiger partial charge in [0.2, 0.25) is 5.91 Å². The van der Waals surface area contributed by atoms with Crippen molar-refractivity contribution in [3.05, 3.63) is 35.9 Å². The SMILES string of the molecule is CO[C@@H]([C@@H]1CCCN1)[C@@H](C)C(=O)N[C@@H](Cc1ccccc1)C(=O)O. The Kier molecular flexibility index (Phi) is 6.75. The molecule has 1 aromatic carbocycles. The van der Waals surface area contributed by atoms with E-state index in [0.717, 1.165) is 24.9 Å². The van der Waals surface area contributed by atoms with Crippen LogP contribution in [0.3, 0.4) is 0 Å². The molecule has 0 aliphatic carbocycles. The Morgan fingerprint density at radius 2 is 2.08 bits per heavy atom. The predicted molar refractivity (Wildman–Crippen MR) is 90.7 cm³/mol. The van der Waals surface area contributed by atoms with Gasteiger partial charge in [0.25, 0.3) is 0 Å². The second-order valence-electron chi connectivity index (χ2n) is 6.28. The smallest absolute Gasteiger partial charge is 0.326 e. The average Bonchev–Trinajstić information content (AvgIpc) is 3.09. The summed E-state index contributed by atoms with van der Waals surface area (Å²) in [6.45, 7) is 2.70. The van der Waals surface area contributed by atoms with Gasteiger partial charge in [-0.2, -0.15) is 0 Å². The fourth-order valence-electron chi connectivity index (χ4n) is 3.21. The lowest BCUT2D eigenvalue weighted by molar-refractivity contribution is -0.143. The number of carbonyl (C=O) groups is 2. The first-order chi connectivity index (χ1) is 11.5. The molecule has 24 heavy (non-hydrogen) atoms. The second kappa shape index (κ2) is 8.80. The molecule has 0 radical (unpaired) electrons. The summed E-state index contributed by atoms with van der Waals surface area (Å²) in [7, 11) is 1.59. The predicted octanol–water partition coefficient (Wildman–Crippen LogP) is 1.20. The number of ether oxygens (including phenoxy) is 1. The van der Waals surface area contributed by atoms with Crippen molar-refractivity contribution in [2.45, 2.75) is 44.4 Å². The number of rotatable bonds is 8. The van der Waals surface area contributed by atoms with Gasteiger partial charge in [0.05, 0.1) is 12.0 Å². The monoisotopic (exact) mass is 334 g/mol. The Bertz CT molecular complexity index is 543. The van der Waals surface area contributed by atoms with Gasteiger partial charge >= 0.3 is 5.97 Å². The van der Waals surface area contributed by atoms with Crippen molar-refractivity contribution in [2.75, 3.05) is 13.7 Å². The van der Waals surface area contributed by atoms with Crippen molar-refractivity contribution >= 4 is 11.9 Å². The molecular weight excluding hydrogens is 308 g/mol. The van der Waals surface area contributed by atoms with E-state index in [2.05, 4.69) is 10.6 Å². The first-order valence-electron chi connectivity index (χ1n) is 8.36. The van der Waals surface area contributed by atoms with Crippen molar-refractivity contribution in [3.63, 3.8) is 0 Å². The molecule has 1 saturated heterocycles. The van der Waals surface area contributed by atoms with E-state index in [4.69, 9.17) is 4.74 Å². The van der Waals surface area contributed by atoms with Gasteiger partial charge < -0.3 is 20.5 Å². The number of carboxylic acid groups (broad SMARTS) is 1. The maximum absolute atomic E-state index is 12.5. The van der Waals surface area contributed by atoms with Gasteiger partial charge in [0.15, 0.2) is 0 Å². The fraction of sp³-hybridized carbons (Fsp3) is 0.556. The van der Waals surface area contributed by atoms with Crippen LogP contribution in [0.4, 0.5) is 0 Å². The Morgan fingerprint density at radius 3 is 2.62 bits per heavy atom. The highest BCUT2D eigenvalue weighted by Crippen LogP contribution is 2.19. The number of carbonyl (C=O) groups excluding carboxylic acids is 1. The van der Waals surface area contributed by atoms with Gasteiger partial charge in [0.1, 0.15) is 6.04 Å². The molecule has 0 spiro atoms. The molecule has 2 rings (SSSR count). The molecule has 6 heteroatoms. The number of hydrogen-bond donors (Lipinski definition) is 3. The highest BCUT2D eigenvalue weighted by Gasteiger charge is 2.34. The second-order valence-corrected chi connectivity index (χ2v) is 6.28. The Balaban J connectivity index is 1.99. The minimum atomic E-state index is -1.03. The van der Waals surface area contributed by atoms with Crippen LogP contribution in [0, 0.1) is 5.92 Å². The van der Waals surface area contributed by atoms with Gasteiger partial charge in [-0.1, -0.05) is 37.3 Å². The average molecular weight is 334 g/mol. The molecule has 132 valence electrons. The van der Waals surface area contributed by atoms with Crippen molar-refractivity contribution in [1.82, 2.24) is 10.6 Å². The first-order valence-corrected chi connectivity index (χ1v) is 8.36. The number of aliphatic carboxylic acids is 1. The van der Waals surface area contributed by atoms with Crippen LogP contribution in [0.2, 0.25) is 0 Å². The van der Waals surface area contributed by atoms with E-state index in [0.29, 0.717) is 0 Å². The number of benzene rings is 1. The molecule has 1 aliphatic rings. The zero-order valence-corrected chi connectivity index (χ0v) is 14.2. The van der Waals surface area contributed by atoms with E-state index in [-0.39, 0.29) is 24.5 Å². The molecule has 1 heterocycles. The summed E-state index contributed by atoms with van der Waals surface area (Å²) in [5, 5.41) is 15.4. The minimum absolute atomic E-state index is 0.133. The van der Waals surface area contributed by atoms with E-state index in [1.807, 2.05) is 30.3 Å². The summed E-state index contributed by atoms with van der Waals surface area (Å²) >= 11 is 0. The lowest BCUT2D eigenvalue weighted by Crippen LogP contribution is -2.50. The van der Waals surface area contributed by atoms with Gasteiger partial charge in [-0.05, 0) is 24.9 Å². The van der Waals surface area contributed by atoms with Crippen molar-refractivity contribution in [1.29, 1.82) is 0 Å². The summed E-state index contributed by atoms with van der Waals surface area (Å²) in [4.78, 5) is 24.0. The number of amides is 1. The standard InChI is InChI=1S/C18H26N2O4/c1-12(16(24-2)14-9-6-10-19-14)17(21)20-15(18(22)23)11-13-7-4-3-5-8-13/h3-5,7-8,12,14-16,19H,6,9-11H2,1-2H3,(H,20,21)(H,22,23)/t12-,14+,15+,16-/m1/s1. The van der Waals surface area contributed by atoms with Crippen LogP contribution in [0.5, 0.6) is 0 Å². The number of carboxylic acids is 1. The van der Waals surface area contributed by atoms with Crippen LogP contribution >= 0.6 is 0 Å². The van der Waals surface area contributed by atoms with Crippen LogP contribution in [0.15, 0.2) is 30.3 Å². The van der Waals surface area contributed by atoms with Gasteiger partial charge in [-0.25, -0.2) is 4.79 Å². The van der Waals surface area contributed by atoms with E-state index in [1.165, 1.54) is 0 Å². The quantitative estimate of drug-likeness (QED) is 0.665. The van der Waals surface area contributed by atoms with E-state index < -0.39 is 17.9 Å². The van der Waals surface area contributed by atoms with E-state index in [1.54, 1.807) is 14.0 Å². The molecule has 0 unspecified atom stereocenters. The molecule has 3 N–H and O–H groups in total. The van der Waals surface area contributed by atoms with Crippen LogP contribution in [0.1, 0.15) is 25.3 Å². The van der Waals surface area contributed by atoms with Crippen LogP contribution in [-0.4, -0.2) is 48.8 Å². The molecule has 0 aromatic heterocycles. The van der Waals surface area contributed by atoms with Crippen LogP contribution in [-0.2, 0) is 20.7 Å². The first kappa shape index (κ1) is 18.4. The maximum atomic E-state index is 12.5. The zero-order valence-electron chi connectivity index (χ0n) is 14.2. The molecule has 6 nitrogen and oxygen atoms in total. The van der Waals surface area contributed by atoms with Gasteiger partial charge in [-0.15, -0.1) is 0 Å². The molecule has 1 amide bonds. The van der Waals surface area contributed by atoms with Crippen molar-refractivity contribution in [2.24, 2.45) is 5.92 Å². The topological polar surface area (TPSA) is 87.7 Å². The molecule has 4 atom stereocenters. The molecule has 1 aliphatic heterocycles. The zero-order chi connectivity index (χ0) is 17.5. The highest BCUT2D eigenvalue weighted by molar-refractivity contribution is 5.85. The lowest BCUT2D eigenvalue weighted by atomic mass is 9.95. The molecule has 0 saturated carbocycles. The van der Waals surface area contributed by atoms with E-state index in [9.17, 15) is 14.7 Å². The van der Waals surface area contributed by atoms with Gasteiger partial charge in [-0.3, -0.25) is 4.79 Å². The summed E-state index contributed by atoms with van der Waals surface area (Å²) < 4.78 is 5.51. The Hall–Kier alpha value is -1.92. The normalized spacial score (nSPS) is 21.0. The van der Waals surface area contributed by atoms with Crippen molar-refractivity contribution < 1.29 is 19.4 Å². The van der Waals surface area contributed by atoms with E-state index >= 15 is 0 Å². The molecule has 1 fully saturated rings. The molecule has 0 bridgehead atoms. The lowest BCUT2D eigenvalue weighted by Gasteiger charge is -2.28. The highest BCUT2D eigenvalue weighted by atomic mass is 16.5. The minimum Gasteiger partial charge on any atom is -0.480 e. The summed E-state index contributed by atoms with van der Waals surface area (Å²) in [5.41, 5.74) is 0.874. The third kappa shape index (κ3) is 4.79. The summed E-state index contributed by atoms with van der Waals surface area (Å²) in [6.07, 6.45) is 2.01. The van der Waals surface area contributed by atoms with Gasteiger partial charge in [0, 0.05) is 19.6 Å². The fourth-order valence-corrected chi connectivity index (χ4v) is 3.21. The van der Waals surface area contributed by atoms with Crippen LogP contribution in [0.25, 0.3) is 0 Å².